The van der Waals surface area contributed by atoms with E-state index in [1.54, 1.807) is 0 Å². The summed E-state index contributed by atoms with van der Waals surface area (Å²) in [7, 11) is 0. The summed E-state index contributed by atoms with van der Waals surface area (Å²) in [5.41, 5.74) is 2.20. The van der Waals surface area contributed by atoms with Crippen molar-refractivity contribution in [2.75, 3.05) is 26.4 Å². The van der Waals surface area contributed by atoms with Gasteiger partial charge in [-0.25, -0.2) is 0 Å². The molecule has 2 aromatic carbocycles. The lowest BCUT2D eigenvalue weighted by Gasteiger charge is -2.26. The van der Waals surface area contributed by atoms with Gasteiger partial charge < -0.3 is 33.5 Å². The molecule has 2 saturated heterocycles. The first kappa shape index (κ1) is 29.7. The second-order valence-electron chi connectivity index (χ2n) is 14.7. The lowest BCUT2D eigenvalue weighted by atomic mass is 9.78. The number of esters is 1. The van der Waals surface area contributed by atoms with E-state index in [-0.39, 0.29) is 23.2 Å². The van der Waals surface area contributed by atoms with Crippen molar-refractivity contribution in [2.45, 2.75) is 88.5 Å². The average molecular weight is 619 g/mol. The third-order valence-electron chi connectivity index (χ3n) is 11.7. The largest absolute Gasteiger partial charge is 0.494 e. The lowest BCUT2D eigenvalue weighted by Crippen LogP contribution is -2.31. The Morgan fingerprint density at radius 1 is 0.756 bits per heavy atom. The number of aliphatic hydroxyl groups excluding tert-OH is 1. The zero-order valence-electron chi connectivity index (χ0n) is 26.3. The van der Waals surface area contributed by atoms with Crippen LogP contribution in [0.4, 0.5) is 0 Å². The highest BCUT2D eigenvalue weighted by molar-refractivity contribution is 5.74. The highest BCUT2D eigenvalue weighted by Gasteiger charge is 2.65. The fraction of sp³-hybridized carbons (Fsp3) is 0.649. The van der Waals surface area contributed by atoms with E-state index in [1.807, 2.05) is 24.3 Å². The first-order chi connectivity index (χ1) is 21.9. The molecule has 0 radical (unpaired) electrons. The van der Waals surface area contributed by atoms with Gasteiger partial charge in [-0.05, 0) is 78.8 Å². The molecule has 0 aromatic heterocycles. The second-order valence-corrected chi connectivity index (χ2v) is 14.7. The lowest BCUT2D eigenvalue weighted by molar-refractivity contribution is -0.150. The van der Waals surface area contributed by atoms with Gasteiger partial charge in [-0.3, -0.25) is 4.79 Å². The van der Waals surface area contributed by atoms with Crippen molar-refractivity contribution in [2.24, 2.45) is 35.5 Å². The minimum absolute atomic E-state index is 0.0306. The molecule has 45 heavy (non-hydrogen) atoms. The van der Waals surface area contributed by atoms with Gasteiger partial charge in [-0.2, -0.15) is 0 Å². The van der Waals surface area contributed by atoms with Crippen LogP contribution in [0.15, 0.2) is 48.5 Å². The van der Waals surface area contributed by atoms with Crippen molar-refractivity contribution in [1.82, 2.24) is 0 Å². The molecule has 8 heteroatoms. The Labute approximate surface area is 265 Å². The van der Waals surface area contributed by atoms with E-state index in [2.05, 4.69) is 38.1 Å². The van der Waals surface area contributed by atoms with E-state index >= 15 is 0 Å². The quantitative estimate of drug-likeness (QED) is 0.125. The minimum atomic E-state index is -0.693. The van der Waals surface area contributed by atoms with Crippen molar-refractivity contribution < 1.29 is 38.3 Å². The molecule has 1 N–H and O–H groups in total. The maximum atomic E-state index is 12.5. The second kappa shape index (κ2) is 11.9. The fourth-order valence-electron chi connectivity index (χ4n) is 9.06. The molecule has 11 atom stereocenters. The van der Waals surface area contributed by atoms with Crippen LogP contribution < -0.4 is 9.47 Å². The standard InChI is InChI=1S/C37H46O8/c1-37(2,23-5-9-25(10-6-23)40-13-3-15-42-35(38)29-19-21-17-27(29)33-31(21)44-33)24-7-11-26(12-8-24)41-14-4-16-43-36(39)30-20-22-18-28(30)34-32(22)45-34/h5-12,21-22,27-35,38H,3-4,13-20H2,1-2H3. The molecule has 2 aliphatic heterocycles. The smallest absolute Gasteiger partial charge is 0.309 e. The van der Waals surface area contributed by atoms with E-state index in [0.29, 0.717) is 80.9 Å². The van der Waals surface area contributed by atoms with Crippen LogP contribution in [0.5, 0.6) is 11.5 Å². The predicted octanol–water partition coefficient (Wildman–Crippen LogP) is 5.28. The maximum absolute atomic E-state index is 12.5. The van der Waals surface area contributed by atoms with E-state index in [1.165, 1.54) is 17.5 Å². The number of benzene rings is 2. The summed E-state index contributed by atoms with van der Waals surface area (Å²) in [6.07, 6.45) is 6.61. The zero-order valence-corrected chi connectivity index (χ0v) is 26.3. The number of hydrogen-bond donors (Lipinski definition) is 1. The molecule has 2 aromatic rings. The summed E-state index contributed by atoms with van der Waals surface area (Å²) in [6.45, 7) is 6.36. The Hall–Kier alpha value is -2.65. The molecular formula is C37H46O8. The predicted molar refractivity (Wildman–Crippen MR) is 165 cm³/mol. The minimum Gasteiger partial charge on any atom is -0.494 e. The molecule has 8 nitrogen and oxygen atoms in total. The maximum Gasteiger partial charge on any atom is 0.309 e. The Bertz CT molecular complexity index is 1360. The zero-order chi connectivity index (χ0) is 30.7. The van der Waals surface area contributed by atoms with Crippen molar-refractivity contribution in [3.05, 3.63) is 59.7 Å². The molecule has 11 unspecified atom stereocenters. The molecule has 2 heterocycles. The van der Waals surface area contributed by atoms with Gasteiger partial charge in [0.1, 0.15) is 11.5 Å². The van der Waals surface area contributed by atoms with Gasteiger partial charge in [0.15, 0.2) is 6.29 Å². The molecule has 4 saturated carbocycles. The van der Waals surface area contributed by atoms with Crippen molar-refractivity contribution in [1.29, 1.82) is 0 Å². The molecule has 6 aliphatic rings. The van der Waals surface area contributed by atoms with Crippen LogP contribution in [0.25, 0.3) is 0 Å². The Balaban J connectivity index is 0.728. The number of carbonyl (C=O) groups is 1. The normalized spacial score (nSPS) is 35.5. The van der Waals surface area contributed by atoms with Gasteiger partial charge in [-0.1, -0.05) is 38.1 Å². The molecule has 6 fully saturated rings. The van der Waals surface area contributed by atoms with Gasteiger partial charge >= 0.3 is 5.97 Å². The highest BCUT2D eigenvalue weighted by Crippen LogP contribution is 2.60. The number of aliphatic hydroxyl groups is 1. The van der Waals surface area contributed by atoms with E-state index in [9.17, 15) is 9.90 Å². The van der Waals surface area contributed by atoms with Gasteiger partial charge in [0.25, 0.3) is 0 Å². The van der Waals surface area contributed by atoms with Crippen LogP contribution in [0.1, 0.15) is 63.5 Å². The van der Waals surface area contributed by atoms with Crippen LogP contribution in [0.3, 0.4) is 0 Å². The summed E-state index contributed by atoms with van der Waals surface area (Å²) in [5.74, 6) is 3.91. The van der Waals surface area contributed by atoms with Crippen LogP contribution in [-0.2, 0) is 29.2 Å². The van der Waals surface area contributed by atoms with Gasteiger partial charge in [0.05, 0.1) is 56.8 Å². The van der Waals surface area contributed by atoms with E-state index in [4.69, 9.17) is 28.4 Å². The highest BCUT2D eigenvalue weighted by atomic mass is 16.6. The monoisotopic (exact) mass is 618 g/mol. The van der Waals surface area contributed by atoms with Crippen LogP contribution in [0, 0.1) is 35.5 Å². The molecular weight excluding hydrogens is 572 g/mol. The van der Waals surface area contributed by atoms with Gasteiger partial charge in [0, 0.05) is 30.1 Å². The molecule has 0 spiro atoms. The Kier molecular flexibility index (Phi) is 7.83. The molecule has 242 valence electrons. The molecule has 8 rings (SSSR count). The topological polar surface area (TPSA) is 99.3 Å². The summed E-state index contributed by atoms with van der Waals surface area (Å²) >= 11 is 0. The SMILES string of the molecule is CC(C)(c1ccc(OCCCOC(=O)C2CC3CC2C2OC32)cc1)c1ccc(OCCCOC(O)C2CC3CC2C2OC32)cc1. The first-order valence-electron chi connectivity index (χ1n) is 17.1. The number of epoxide rings is 2. The number of hydrogen-bond acceptors (Lipinski definition) is 8. The third kappa shape index (κ3) is 5.77. The number of carbonyl (C=O) groups excluding carboxylic acids is 1. The van der Waals surface area contributed by atoms with Gasteiger partial charge in [-0.15, -0.1) is 0 Å². The summed E-state index contributed by atoms with van der Waals surface area (Å²) < 4.78 is 34.6. The average Bonchev–Trinajstić information content (AvgIpc) is 3.88. The van der Waals surface area contributed by atoms with E-state index < -0.39 is 6.29 Å². The fourth-order valence-corrected chi connectivity index (χ4v) is 9.06. The number of fused-ring (bicyclic) bond motifs is 10. The summed E-state index contributed by atoms with van der Waals surface area (Å²) in [6, 6.07) is 16.5. The Morgan fingerprint density at radius 2 is 1.31 bits per heavy atom. The van der Waals surface area contributed by atoms with Crippen LogP contribution >= 0.6 is 0 Å². The third-order valence-corrected chi connectivity index (χ3v) is 11.7. The van der Waals surface area contributed by atoms with Crippen molar-refractivity contribution in [3.8, 4) is 11.5 Å². The first-order valence-corrected chi connectivity index (χ1v) is 17.1. The molecule has 0 amide bonds. The Morgan fingerprint density at radius 3 is 1.87 bits per heavy atom. The van der Waals surface area contributed by atoms with Crippen molar-refractivity contribution in [3.63, 3.8) is 0 Å². The van der Waals surface area contributed by atoms with Crippen LogP contribution in [0.2, 0.25) is 0 Å². The molecule has 4 bridgehead atoms. The van der Waals surface area contributed by atoms with Crippen LogP contribution in [-0.4, -0.2) is 68.2 Å². The van der Waals surface area contributed by atoms with Crippen molar-refractivity contribution >= 4 is 5.97 Å². The van der Waals surface area contributed by atoms with E-state index in [0.717, 1.165) is 37.2 Å². The van der Waals surface area contributed by atoms with Gasteiger partial charge in [0.2, 0.25) is 0 Å². The summed E-state index contributed by atoms with van der Waals surface area (Å²) in [5, 5.41) is 10.5. The summed E-state index contributed by atoms with van der Waals surface area (Å²) in [4.78, 5) is 12.5. The number of ether oxygens (including phenoxy) is 6. The number of rotatable bonds is 15. The molecule has 4 aliphatic carbocycles.